The van der Waals surface area contributed by atoms with Crippen LogP contribution in [0.5, 0.6) is 5.75 Å². The number of hydrogen-bond acceptors (Lipinski definition) is 6. The second kappa shape index (κ2) is 10.2. The minimum absolute atomic E-state index is 0.0111. The van der Waals surface area contributed by atoms with Gasteiger partial charge in [-0.3, -0.25) is 14.5 Å². The first-order valence-electron chi connectivity index (χ1n) is 9.86. The number of aromatic nitrogens is 2. The number of benzene rings is 1. The Kier molecular flexibility index (Phi) is 7.37. The van der Waals surface area contributed by atoms with Crippen molar-refractivity contribution in [1.29, 1.82) is 0 Å². The van der Waals surface area contributed by atoms with Crippen LogP contribution in [0.15, 0.2) is 41.2 Å². The van der Waals surface area contributed by atoms with Crippen molar-refractivity contribution >= 4 is 5.91 Å². The zero-order valence-corrected chi connectivity index (χ0v) is 17.0. The first kappa shape index (κ1) is 21.0. The molecule has 1 aliphatic rings. The number of carbonyl (C=O) groups excluding carboxylic acids is 1. The first-order valence-corrected chi connectivity index (χ1v) is 9.86. The lowest BCUT2D eigenvalue weighted by atomic mass is 10.0. The lowest BCUT2D eigenvalue weighted by molar-refractivity contribution is 0.0928. The van der Waals surface area contributed by atoms with Crippen molar-refractivity contribution in [3.63, 3.8) is 0 Å². The van der Waals surface area contributed by atoms with Crippen molar-refractivity contribution in [3.8, 4) is 5.75 Å². The van der Waals surface area contributed by atoms with Gasteiger partial charge >= 0.3 is 0 Å². The first-order chi connectivity index (χ1) is 14.1. The fourth-order valence-electron chi connectivity index (χ4n) is 3.62. The SMILES string of the molecule is COCCn1nc(C(=O)NC[C@@H](c2ccccc2OC)N2CCCC2)ccc1=O. The second-order valence-electron chi connectivity index (χ2n) is 6.98. The van der Waals surface area contributed by atoms with Crippen LogP contribution < -0.4 is 15.6 Å². The third kappa shape index (κ3) is 5.21. The molecule has 2 heterocycles. The lowest BCUT2D eigenvalue weighted by Crippen LogP contribution is -2.38. The summed E-state index contributed by atoms with van der Waals surface area (Å²) in [5.41, 5.74) is 0.999. The van der Waals surface area contributed by atoms with Gasteiger partial charge in [-0.2, -0.15) is 5.10 Å². The fraction of sp³-hybridized carbons (Fsp3) is 0.476. The van der Waals surface area contributed by atoms with E-state index in [0.717, 1.165) is 37.2 Å². The number of methoxy groups -OCH3 is 2. The molecule has 8 nitrogen and oxygen atoms in total. The normalized spacial score (nSPS) is 15.2. The maximum Gasteiger partial charge on any atom is 0.271 e. The summed E-state index contributed by atoms with van der Waals surface area (Å²) in [5, 5.41) is 7.15. The Morgan fingerprint density at radius 2 is 1.93 bits per heavy atom. The predicted octanol–water partition coefficient (Wildman–Crippen LogP) is 1.47. The molecule has 1 aromatic carbocycles. The summed E-state index contributed by atoms with van der Waals surface area (Å²) in [7, 11) is 3.21. The number of nitrogens with zero attached hydrogens (tertiary/aromatic N) is 3. The van der Waals surface area contributed by atoms with Gasteiger partial charge in [0.05, 0.1) is 26.3 Å². The van der Waals surface area contributed by atoms with Crippen molar-refractivity contribution in [2.75, 3.05) is 40.5 Å². The molecular formula is C21H28N4O4. The molecule has 0 radical (unpaired) electrons. The van der Waals surface area contributed by atoms with Gasteiger partial charge in [0.2, 0.25) is 0 Å². The van der Waals surface area contributed by atoms with Gasteiger partial charge in [0.1, 0.15) is 11.4 Å². The predicted molar refractivity (Wildman–Crippen MR) is 109 cm³/mol. The number of carbonyl (C=O) groups is 1. The van der Waals surface area contributed by atoms with E-state index in [4.69, 9.17) is 9.47 Å². The fourth-order valence-corrected chi connectivity index (χ4v) is 3.62. The molecule has 0 bridgehead atoms. The molecule has 0 unspecified atom stereocenters. The molecule has 1 aromatic heterocycles. The summed E-state index contributed by atoms with van der Waals surface area (Å²) in [6.45, 7) is 3.05. The third-order valence-electron chi connectivity index (χ3n) is 5.14. The summed E-state index contributed by atoms with van der Waals surface area (Å²) >= 11 is 0. The van der Waals surface area contributed by atoms with Crippen LogP contribution in [0.1, 0.15) is 34.9 Å². The Hall–Kier alpha value is -2.71. The van der Waals surface area contributed by atoms with E-state index >= 15 is 0 Å². The number of likely N-dealkylation sites (tertiary alicyclic amines) is 1. The Morgan fingerprint density at radius 3 is 2.66 bits per heavy atom. The molecule has 0 spiro atoms. The Labute approximate surface area is 170 Å². The molecule has 156 valence electrons. The number of ether oxygens (including phenoxy) is 2. The smallest absolute Gasteiger partial charge is 0.271 e. The highest BCUT2D eigenvalue weighted by Gasteiger charge is 2.26. The molecule has 3 rings (SSSR count). The zero-order chi connectivity index (χ0) is 20.6. The van der Waals surface area contributed by atoms with E-state index in [2.05, 4.69) is 15.3 Å². The molecule has 1 saturated heterocycles. The highest BCUT2D eigenvalue weighted by molar-refractivity contribution is 5.92. The number of para-hydroxylation sites is 1. The highest BCUT2D eigenvalue weighted by Crippen LogP contribution is 2.31. The van der Waals surface area contributed by atoms with Crippen molar-refractivity contribution in [3.05, 3.63) is 58.0 Å². The van der Waals surface area contributed by atoms with E-state index in [-0.39, 0.29) is 23.2 Å². The monoisotopic (exact) mass is 400 g/mol. The van der Waals surface area contributed by atoms with E-state index < -0.39 is 0 Å². The van der Waals surface area contributed by atoms with Crippen molar-refractivity contribution in [2.45, 2.75) is 25.4 Å². The standard InChI is InChI=1S/C21H28N4O4/c1-28-14-13-25-20(26)10-9-17(23-25)21(27)22-15-18(24-11-5-6-12-24)16-7-3-4-8-19(16)29-2/h3-4,7-10,18H,5-6,11-15H2,1-2H3,(H,22,27)/t18-/m0/s1. The van der Waals surface area contributed by atoms with Crippen LogP contribution in [0.25, 0.3) is 0 Å². The van der Waals surface area contributed by atoms with Gasteiger partial charge in [-0.05, 0) is 38.1 Å². The Balaban J connectivity index is 1.75. The summed E-state index contributed by atoms with van der Waals surface area (Å²) in [6, 6.07) is 10.7. The van der Waals surface area contributed by atoms with Gasteiger partial charge in [0, 0.05) is 25.3 Å². The minimum atomic E-state index is -0.310. The van der Waals surface area contributed by atoms with Gasteiger partial charge in [0.15, 0.2) is 0 Å². The molecule has 1 amide bonds. The van der Waals surface area contributed by atoms with Gasteiger partial charge in [-0.25, -0.2) is 4.68 Å². The van der Waals surface area contributed by atoms with E-state index in [1.54, 1.807) is 14.2 Å². The van der Waals surface area contributed by atoms with E-state index in [1.807, 2.05) is 24.3 Å². The van der Waals surface area contributed by atoms with Crippen LogP contribution in [0.3, 0.4) is 0 Å². The highest BCUT2D eigenvalue weighted by atomic mass is 16.5. The van der Waals surface area contributed by atoms with E-state index in [0.29, 0.717) is 19.7 Å². The quantitative estimate of drug-likeness (QED) is 0.686. The minimum Gasteiger partial charge on any atom is -0.496 e. The molecule has 2 aromatic rings. The van der Waals surface area contributed by atoms with Crippen molar-refractivity contribution in [2.24, 2.45) is 0 Å². The van der Waals surface area contributed by atoms with Crippen LogP contribution in [-0.4, -0.2) is 61.0 Å². The number of hydrogen-bond donors (Lipinski definition) is 1. The molecule has 1 aliphatic heterocycles. The van der Waals surface area contributed by atoms with Crippen molar-refractivity contribution in [1.82, 2.24) is 20.0 Å². The third-order valence-corrected chi connectivity index (χ3v) is 5.14. The van der Waals surface area contributed by atoms with Crippen LogP contribution in [-0.2, 0) is 11.3 Å². The largest absolute Gasteiger partial charge is 0.496 e. The van der Waals surface area contributed by atoms with E-state index in [1.165, 1.54) is 16.8 Å². The van der Waals surface area contributed by atoms with Crippen LogP contribution >= 0.6 is 0 Å². The van der Waals surface area contributed by atoms with Crippen LogP contribution in [0.4, 0.5) is 0 Å². The number of nitrogens with one attached hydrogen (secondary N) is 1. The molecule has 0 saturated carbocycles. The maximum absolute atomic E-state index is 12.7. The molecule has 8 heteroatoms. The summed E-state index contributed by atoms with van der Waals surface area (Å²) < 4.78 is 11.8. The maximum atomic E-state index is 12.7. The molecule has 1 fully saturated rings. The van der Waals surface area contributed by atoms with E-state index in [9.17, 15) is 9.59 Å². The Morgan fingerprint density at radius 1 is 1.17 bits per heavy atom. The number of amides is 1. The lowest BCUT2D eigenvalue weighted by Gasteiger charge is -2.29. The van der Waals surface area contributed by atoms with Gasteiger partial charge < -0.3 is 14.8 Å². The van der Waals surface area contributed by atoms with Gasteiger partial charge in [0.25, 0.3) is 11.5 Å². The van der Waals surface area contributed by atoms with Crippen molar-refractivity contribution < 1.29 is 14.3 Å². The summed E-state index contributed by atoms with van der Waals surface area (Å²) in [5.74, 6) is 0.500. The molecule has 1 atom stereocenters. The molecule has 0 aliphatic carbocycles. The summed E-state index contributed by atoms with van der Waals surface area (Å²) in [4.78, 5) is 27.0. The Bertz CT molecular complexity index is 877. The summed E-state index contributed by atoms with van der Waals surface area (Å²) in [6.07, 6.45) is 2.29. The van der Waals surface area contributed by atoms with Crippen LogP contribution in [0, 0.1) is 0 Å². The topological polar surface area (TPSA) is 85.7 Å². The zero-order valence-electron chi connectivity index (χ0n) is 17.0. The average Bonchev–Trinajstić information content (AvgIpc) is 3.28. The molecule has 29 heavy (non-hydrogen) atoms. The number of rotatable bonds is 9. The molecular weight excluding hydrogens is 372 g/mol. The average molecular weight is 400 g/mol. The molecule has 1 N–H and O–H groups in total. The van der Waals surface area contributed by atoms with Crippen LogP contribution in [0.2, 0.25) is 0 Å². The van der Waals surface area contributed by atoms with Gasteiger partial charge in [-0.15, -0.1) is 0 Å². The van der Waals surface area contributed by atoms with Gasteiger partial charge in [-0.1, -0.05) is 18.2 Å². The second-order valence-corrected chi connectivity index (χ2v) is 6.98.